The second-order valence-electron chi connectivity index (χ2n) is 6.61. The van der Waals surface area contributed by atoms with Crippen LogP contribution >= 0.6 is 0 Å². The smallest absolute Gasteiger partial charge is 0.243 e. The van der Waals surface area contributed by atoms with Crippen LogP contribution in [0.15, 0.2) is 23.1 Å². The highest BCUT2D eigenvalue weighted by Gasteiger charge is 2.43. The molecule has 1 aromatic carbocycles. The van der Waals surface area contributed by atoms with E-state index in [9.17, 15) is 8.42 Å². The van der Waals surface area contributed by atoms with Crippen molar-refractivity contribution in [2.45, 2.75) is 44.0 Å². The summed E-state index contributed by atoms with van der Waals surface area (Å²) in [7, 11) is -3.40. The zero-order valence-electron chi connectivity index (χ0n) is 12.7. The number of sulfonamides is 1. The molecule has 1 aromatic rings. The number of benzene rings is 1. The van der Waals surface area contributed by atoms with Crippen molar-refractivity contribution in [2.75, 3.05) is 13.1 Å². The van der Waals surface area contributed by atoms with Gasteiger partial charge in [0, 0.05) is 19.1 Å². The topological polar surface area (TPSA) is 63.4 Å². The average molecular weight is 308 g/mol. The summed E-state index contributed by atoms with van der Waals surface area (Å²) in [6.45, 7) is 5.01. The molecule has 1 saturated carbocycles. The van der Waals surface area contributed by atoms with E-state index in [1.54, 1.807) is 10.4 Å². The highest BCUT2D eigenvalue weighted by molar-refractivity contribution is 7.89. The molecule has 1 aliphatic carbocycles. The Morgan fingerprint density at radius 1 is 1.19 bits per heavy atom. The predicted octanol–water partition coefficient (Wildman–Crippen LogP) is 2.05. The van der Waals surface area contributed by atoms with E-state index in [2.05, 4.69) is 0 Å². The number of aryl methyl sites for hydroxylation is 2. The maximum Gasteiger partial charge on any atom is 0.243 e. The van der Waals surface area contributed by atoms with E-state index in [-0.39, 0.29) is 6.04 Å². The molecule has 0 amide bonds. The van der Waals surface area contributed by atoms with Gasteiger partial charge >= 0.3 is 0 Å². The average Bonchev–Trinajstić information content (AvgIpc) is 2.88. The molecule has 0 bridgehead atoms. The van der Waals surface area contributed by atoms with Gasteiger partial charge < -0.3 is 5.73 Å². The van der Waals surface area contributed by atoms with E-state index in [0.29, 0.717) is 29.8 Å². The van der Waals surface area contributed by atoms with Crippen molar-refractivity contribution in [1.29, 1.82) is 0 Å². The Morgan fingerprint density at radius 2 is 1.95 bits per heavy atom. The normalized spacial score (nSPS) is 30.3. The first-order chi connectivity index (χ1) is 9.89. The summed E-state index contributed by atoms with van der Waals surface area (Å²) < 4.78 is 27.5. The molecule has 2 aliphatic rings. The first-order valence-corrected chi connectivity index (χ1v) is 9.16. The first-order valence-electron chi connectivity index (χ1n) is 7.72. The minimum Gasteiger partial charge on any atom is -0.327 e. The predicted molar refractivity (Wildman–Crippen MR) is 83.5 cm³/mol. The number of nitrogens with two attached hydrogens (primary N) is 1. The van der Waals surface area contributed by atoms with Crippen molar-refractivity contribution >= 4 is 10.0 Å². The molecule has 3 atom stereocenters. The van der Waals surface area contributed by atoms with Crippen LogP contribution in [0.5, 0.6) is 0 Å². The van der Waals surface area contributed by atoms with Crippen molar-refractivity contribution in [3.8, 4) is 0 Å². The zero-order valence-corrected chi connectivity index (χ0v) is 13.6. The Bertz CT molecular complexity index is 642. The van der Waals surface area contributed by atoms with Gasteiger partial charge in [0.25, 0.3) is 0 Å². The summed E-state index contributed by atoms with van der Waals surface area (Å²) in [6.07, 6.45) is 3.26. The van der Waals surface area contributed by atoms with Gasteiger partial charge in [-0.2, -0.15) is 4.31 Å². The minimum absolute atomic E-state index is 0.155. The van der Waals surface area contributed by atoms with Crippen molar-refractivity contribution in [1.82, 2.24) is 4.31 Å². The number of rotatable bonds is 2. The Hall–Kier alpha value is -0.910. The maximum atomic E-state index is 12.9. The van der Waals surface area contributed by atoms with E-state index in [4.69, 9.17) is 5.73 Å². The molecule has 0 aromatic heterocycles. The molecule has 3 unspecified atom stereocenters. The van der Waals surface area contributed by atoms with Crippen LogP contribution in [-0.4, -0.2) is 31.9 Å². The third kappa shape index (κ3) is 2.62. The summed E-state index contributed by atoms with van der Waals surface area (Å²) in [5.41, 5.74) is 8.00. The fourth-order valence-corrected chi connectivity index (χ4v) is 5.64. The summed E-state index contributed by atoms with van der Waals surface area (Å²) in [4.78, 5) is 0.453. The fourth-order valence-electron chi connectivity index (χ4n) is 3.80. The van der Waals surface area contributed by atoms with E-state index in [1.807, 2.05) is 26.0 Å². The highest BCUT2D eigenvalue weighted by atomic mass is 32.2. The van der Waals surface area contributed by atoms with Crippen LogP contribution in [0.3, 0.4) is 0 Å². The summed E-state index contributed by atoms with van der Waals surface area (Å²) >= 11 is 0. The number of hydrogen-bond acceptors (Lipinski definition) is 3. The summed E-state index contributed by atoms with van der Waals surface area (Å²) in [5.74, 6) is 0.771. The van der Waals surface area contributed by atoms with Crippen LogP contribution in [-0.2, 0) is 10.0 Å². The Labute approximate surface area is 127 Å². The molecule has 5 heteroatoms. The van der Waals surface area contributed by atoms with Gasteiger partial charge in [-0.15, -0.1) is 0 Å². The van der Waals surface area contributed by atoms with Crippen LogP contribution < -0.4 is 5.73 Å². The van der Waals surface area contributed by atoms with E-state index < -0.39 is 10.0 Å². The summed E-state index contributed by atoms with van der Waals surface area (Å²) in [6, 6.07) is 5.78. The Balaban J connectivity index is 1.91. The van der Waals surface area contributed by atoms with Crippen molar-refractivity contribution in [3.63, 3.8) is 0 Å². The number of nitrogens with zero attached hydrogens (tertiary/aromatic N) is 1. The van der Waals surface area contributed by atoms with Crippen LogP contribution in [0.1, 0.15) is 30.4 Å². The van der Waals surface area contributed by atoms with Crippen molar-refractivity contribution in [3.05, 3.63) is 29.3 Å². The quantitative estimate of drug-likeness (QED) is 0.909. The minimum atomic E-state index is -3.40. The molecule has 3 rings (SSSR count). The van der Waals surface area contributed by atoms with Crippen molar-refractivity contribution in [2.24, 2.45) is 17.6 Å². The first kappa shape index (κ1) is 15.0. The second-order valence-corrected chi connectivity index (χ2v) is 8.52. The highest BCUT2D eigenvalue weighted by Crippen LogP contribution is 2.38. The van der Waals surface area contributed by atoms with Gasteiger partial charge in [0.1, 0.15) is 0 Å². The summed E-state index contributed by atoms with van der Waals surface area (Å²) in [5, 5.41) is 0. The van der Waals surface area contributed by atoms with Crippen LogP contribution in [0.4, 0.5) is 0 Å². The molecule has 1 heterocycles. The lowest BCUT2D eigenvalue weighted by molar-refractivity contribution is 0.260. The molecule has 2 fully saturated rings. The largest absolute Gasteiger partial charge is 0.327 e. The zero-order chi connectivity index (χ0) is 15.2. The van der Waals surface area contributed by atoms with Gasteiger partial charge in [-0.1, -0.05) is 18.6 Å². The Kier molecular flexibility index (Phi) is 3.84. The second kappa shape index (κ2) is 5.38. The lowest BCUT2D eigenvalue weighted by atomic mass is 9.78. The molecule has 0 radical (unpaired) electrons. The van der Waals surface area contributed by atoms with Gasteiger partial charge in [0.15, 0.2) is 0 Å². The SMILES string of the molecule is Cc1ccc(C)c(S(=O)(=O)N2CC3CCCC(N)C3C2)c1. The van der Waals surface area contributed by atoms with Gasteiger partial charge in [0.05, 0.1) is 4.90 Å². The molecule has 0 spiro atoms. The molecule has 21 heavy (non-hydrogen) atoms. The van der Waals surface area contributed by atoms with E-state index in [0.717, 1.165) is 30.4 Å². The molecule has 4 nitrogen and oxygen atoms in total. The van der Waals surface area contributed by atoms with Crippen LogP contribution in [0.25, 0.3) is 0 Å². The Morgan fingerprint density at radius 3 is 2.67 bits per heavy atom. The molecule has 1 aliphatic heterocycles. The molecule has 116 valence electrons. The van der Waals surface area contributed by atoms with E-state index >= 15 is 0 Å². The lowest BCUT2D eigenvalue weighted by Gasteiger charge is -2.29. The number of fused-ring (bicyclic) bond motifs is 1. The van der Waals surface area contributed by atoms with Crippen LogP contribution in [0, 0.1) is 25.7 Å². The maximum absolute atomic E-state index is 12.9. The third-order valence-corrected chi connectivity index (χ3v) is 7.06. The monoisotopic (exact) mass is 308 g/mol. The third-order valence-electron chi connectivity index (χ3n) is 5.08. The molecular formula is C16H24N2O2S. The number of hydrogen-bond donors (Lipinski definition) is 1. The lowest BCUT2D eigenvalue weighted by Crippen LogP contribution is -2.38. The molecule has 1 saturated heterocycles. The van der Waals surface area contributed by atoms with Gasteiger partial charge in [-0.25, -0.2) is 8.42 Å². The van der Waals surface area contributed by atoms with Gasteiger partial charge in [0.2, 0.25) is 10.0 Å². The van der Waals surface area contributed by atoms with Crippen molar-refractivity contribution < 1.29 is 8.42 Å². The van der Waals surface area contributed by atoms with Crippen LogP contribution in [0.2, 0.25) is 0 Å². The standard InChI is InChI=1S/C16H24N2O2S/c1-11-6-7-12(2)16(8-11)21(19,20)18-9-13-4-3-5-15(17)14(13)10-18/h6-8,13-15H,3-5,9-10,17H2,1-2H3. The molecular weight excluding hydrogens is 284 g/mol. The van der Waals surface area contributed by atoms with Gasteiger partial charge in [-0.3, -0.25) is 0 Å². The van der Waals surface area contributed by atoms with Gasteiger partial charge in [-0.05, 0) is 55.7 Å². The molecule has 2 N–H and O–H groups in total. The fraction of sp³-hybridized carbons (Fsp3) is 0.625. The van der Waals surface area contributed by atoms with E-state index in [1.165, 1.54) is 0 Å².